The Labute approximate surface area is 181 Å². The minimum atomic E-state index is -4.48. The molecule has 0 unspecified atom stereocenters. The van der Waals surface area contributed by atoms with E-state index in [1.807, 2.05) is 0 Å². The summed E-state index contributed by atoms with van der Waals surface area (Å²) in [7, 11) is -4.48. The second-order valence-electron chi connectivity index (χ2n) is 6.02. The van der Waals surface area contributed by atoms with Crippen LogP contribution in [0.15, 0.2) is 60.7 Å². The largest absolute Gasteiger partial charge is 1.00 e. The number of aliphatic hydroxyl groups excluding tert-OH is 1. The summed E-state index contributed by atoms with van der Waals surface area (Å²) < 4.78 is 34.4. The Morgan fingerprint density at radius 2 is 1.48 bits per heavy atom. The maximum absolute atomic E-state index is 11.5. The van der Waals surface area contributed by atoms with Gasteiger partial charge in [-0.15, -0.1) is 0 Å². The van der Waals surface area contributed by atoms with Crippen LogP contribution in [0, 0.1) is 0 Å². The fourth-order valence-electron chi connectivity index (χ4n) is 2.51. The number of phenols is 2. The van der Waals surface area contributed by atoms with Crippen LogP contribution in [0.3, 0.4) is 0 Å². The van der Waals surface area contributed by atoms with Crippen molar-refractivity contribution in [2.45, 2.75) is 30.6 Å². The van der Waals surface area contributed by atoms with Crippen LogP contribution in [0.25, 0.3) is 0 Å². The molecule has 6 nitrogen and oxygen atoms in total. The van der Waals surface area contributed by atoms with Crippen LogP contribution in [0.4, 0.5) is 0 Å². The molecule has 2 rings (SSSR count). The van der Waals surface area contributed by atoms with E-state index in [2.05, 4.69) is 0 Å². The molecule has 2 aromatic rings. The first kappa shape index (κ1) is 23.7. The molecule has 27 heavy (non-hydrogen) atoms. The van der Waals surface area contributed by atoms with Gasteiger partial charge in [0.25, 0.3) is 0 Å². The Morgan fingerprint density at radius 3 is 2.00 bits per heavy atom. The first-order chi connectivity index (χ1) is 12.3. The second kappa shape index (κ2) is 10.8. The van der Waals surface area contributed by atoms with Crippen molar-refractivity contribution in [3.63, 3.8) is 0 Å². The quantitative estimate of drug-likeness (QED) is 0.316. The molecule has 0 aliphatic heterocycles. The molecule has 0 saturated carbocycles. The molecule has 0 aliphatic rings. The predicted molar refractivity (Wildman–Crippen MR) is 96.7 cm³/mol. The number of benzene rings is 2. The Hall–Kier alpha value is -1.35. The maximum Gasteiger partial charge on any atom is 1.00 e. The molecule has 0 fully saturated rings. The average Bonchev–Trinajstić information content (AvgIpc) is 2.58. The molecule has 0 aromatic heterocycles. The zero-order valence-corrected chi connectivity index (χ0v) is 17.8. The molecule has 140 valence electrons. The predicted octanol–water partition coefficient (Wildman–Crippen LogP) is -0.372. The topological polar surface area (TPSA) is 118 Å². The second-order valence-corrected chi connectivity index (χ2v) is 7.67. The summed E-state index contributed by atoms with van der Waals surface area (Å²) >= 11 is 0. The van der Waals surface area contributed by atoms with Crippen molar-refractivity contribution in [3.05, 3.63) is 71.8 Å². The number of hydrogen-bond acceptors (Lipinski definition) is 6. The number of aromatic hydroxyl groups is 2. The standard InChI is InChI=1S/C19H22O6S.Na/c20-16-9-4-14(5-10-16)6-13-18(26(23,24)25)2-1-3-19(22)15-7-11-17(21)12-8-15;/h1,3-5,7-12,18-22H,2,6,13H2,(H,23,24,25);/q;+1/p-1/b3-1+;/t18-,19+;/m0./s1. The molecule has 0 bridgehead atoms. The molecule has 2 atom stereocenters. The zero-order chi connectivity index (χ0) is 19.2. The van der Waals surface area contributed by atoms with Gasteiger partial charge in [-0.3, -0.25) is 0 Å². The van der Waals surface area contributed by atoms with Crippen molar-refractivity contribution < 1.29 is 57.8 Å². The monoisotopic (exact) mass is 400 g/mol. The smallest absolute Gasteiger partial charge is 0.748 e. The van der Waals surface area contributed by atoms with Crippen LogP contribution in [0.1, 0.15) is 30.1 Å². The molecule has 0 radical (unpaired) electrons. The maximum atomic E-state index is 11.5. The van der Waals surface area contributed by atoms with Gasteiger partial charge < -0.3 is 19.9 Å². The van der Waals surface area contributed by atoms with Crippen molar-refractivity contribution in [2.75, 3.05) is 0 Å². The fourth-order valence-corrected chi connectivity index (χ4v) is 3.27. The van der Waals surface area contributed by atoms with Crippen LogP contribution in [-0.2, 0) is 16.5 Å². The summed E-state index contributed by atoms with van der Waals surface area (Å²) in [5.41, 5.74) is 1.37. The summed E-state index contributed by atoms with van der Waals surface area (Å²) in [6.07, 6.45) is 2.48. The number of rotatable bonds is 8. The molecule has 0 spiro atoms. The van der Waals surface area contributed by atoms with Crippen molar-refractivity contribution in [3.8, 4) is 11.5 Å². The van der Waals surface area contributed by atoms with Crippen molar-refractivity contribution >= 4 is 10.1 Å². The first-order valence-corrected chi connectivity index (χ1v) is 9.59. The van der Waals surface area contributed by atoms with Gasteiger partial charge in [-0.05, 0) is 54.7 Å². The van der Waals surface area contributed by atoms with E-state index in [1.165, 1.54) is 36.4 Å². The molecular weight excluding hydrogens is 379 g/mol. The van der Waals surface area contributed by atoms with Gasteiger partial charge >= 0.3 is 29.6 Å². The van der Waals surface area contributed by atoms with E-state index in [-0.39, 0.29) is 53.9 Å². The Morgan fingerprint density at radius 1 is 0.963 bits per heavy atom. The van der Waals surface area contributed by atoms with Gasteiger partial charge in [0.05, 0.1) is 21.5 Å². The van der Waals surface area contributed by atoms with E-state index in [0.717, 1.165) is 5.56 Å². The number of phenolic OH excluding ortho intramolecular Hbond substituents is 2. The zero-order valence-electron chi connectivity index (χ0n) is 15.0. The summed E-state index contributed by atoms with van der Waals surface area (Å²) in [5, 5.41) is 27.4. The third-order valence-electron chi connectivity index (χ3n) is 4.05. The van der Waals surface area contributed by atoms with Gasteiger partial charge in [-0.25, -0.2) is 8.42 Å². The average molecular weight is 400 g/mol. The Balaban J connectivity index is 0.00000364. The Bertz CT molecular complexity index is 832. The van der Waals surface area contributed by atoms with Crippen LogP contribution in [0.5, 0.6) is 11.5 Å². The molecule has 3 N–H and O–H groups in total. The van der Waals surface area contributed by atoms with Gasteiger partial charge in [0, 0.05) is 0 Å². The van der Waals surface area contributed by atoms with Crippen molar-refractivity contribution in [1.29, 1.82) is 0 Å². The first-order valence-electron chi connectivity index (χ1n) is 8.12. The summed E-state index contributed by atoms with van der Waals surface area (Å²) in [6.45, 7) is 0. The van der Waals surface area contributed by atoms with Crippen LogP contribution >= 0.6 is 0 Å². The molecule has 0 heterocycles. The van der Waals surface area contributed by atoms with E-state index in [0.29, 0.717) is 12.0 Å². The molecule has 8 heteroatoms. The number of allylic oxidation sites excluding steroid dienone is 1. The molecule has 2 aromatic carbocycles. The van der Waals surface area contributed by atoms with E-state index in [1.54, 1.807) is 24.3 Å². The number of aryl methyl sites for hydroxylation is 1. The van der Waals surface area contributed by atoms with E-state index < -0.39 is 21.5 Å². The SMILES string of the molecule is O=S(=O)([O-])[C@@H](C/C=C/[C@@H](O)c1ccc(O)cc1)CCc1ccc(O)cc1.[Na+]. The Kier molecular flexibility index (Phi) is 9.52. The molecule has 0 aliphatic carbocycles. The third-order valence-corrected chi connectivity index (χ3v) is 5.30. The minimum absolute atomic E-state index is 0. The minimum Gasteiger partial charge on any atom is -0.748 e. The molecular formula is C19H21NaO6S. The van der Waals surface area contributed by atoms with E-state index in [4.69, 9.17) is 0 Å². The normalized spacial score (nSPS) is 13.9. The van der Waals surface area contributed by atoms with Gasteiger partial charge in [0.1, 0.15) is 11.5 Å². The van der Waals surface area contributed by atoms with Gasteiger partial charge in [-0.1, -0.05) is 36.4 Å². The van der Waals surface area contributed by atoms with Crippen LogP contribution in [0.2, 0.25) is 0 Å². The molecule has 0 amide bonds. The van der Waals surface area contributed by atoms with Gasteiger partial charge in [0.2, 0.25) is 0 Å². The van der Waals surface area contributed by atoms with Crippen molar-refractivity contribution in [1.82, 2.24) is 0 Å². The van der Waals surface area contributed by atoms with Gasteiger partial charge in [-0.2, -0.15) is 0 Å². The van der Waals surface area contributed by atoms with E-state index >= 15 is 0 Å². The van der Waals surface area contributed by atoms with Gasteiger partial charge in [0.15, 0.2) is 0 Å². The van der Waals surface area contributed by atoms with E-state index in [9.17, 15) is 28.3 Å². The molecule has 0 saturated heterocycles. The number of hydrogen-bond donors (Lipinski definition) is 3. The van der Waals surface area contributed by atoms with Crippen LogP contribution < -0.4 is 29.6 Å². The van der Waals surface area contributed by atoms with Crippen LogP contribution in [-0.4, -0.2) is 33.5 Å². The summed E-state index contributed by atoms with van der Waals surface area (Å²) in [6, 6.07) is 12.3. The fraction of sp³-hybridized carbons (Fsp3) is 0.263. The number of aliphatic hydroxyl groups is 1. The summed E-state index contributed by atoms with van der Waals surface area (Å²) in [5.74, 6) is 0.199. The third kappa shape index (κ3) is 8.04. The van der Waals surface area contributed by atoms with Crippen molar-refractivity contribution in [2.24, 2.45) is 0 Å². The summed E-state index contributed by atoms with van der Waals surface area (Å²) in [4.78, 5) is 0.